The second-order valence-corrected chi connectivity index (χ2v) is 3.63. The number of aromatic nitrogens is 2. The van der Waals surface area contributed by atoms with Crippen LogP contribution in [0.3, 0.4) is 0 Å². The summed E-state index contributed by atoms with van der Waals surface area (Å²) in [6.07, 6.45) is -1.18. The summed E-state index contributed by atoms with van der Waals surface area (Å²) in [7, 11) is 0. The molecular weight excluding hydrogens is 250 g/mol. The number of aliphatic hydroxyl groups is 1. The number of nitrogens with two attached hydrogens (primary N) is 1. The summed E-state index contributed by atoms with van der Waals surface area (Å²) in [5, 5.41) is 16.2. The van der Waals surface area contributed by atoms with E-state index in [1.54, 1.807) is 0 Å². The smallest absolute Gasteiger partial charge is 0.255 e. The lowest BCUT2D eigenvalue weighted by Gasteiger charge is -2.23. The lowest BCUT2D eigenvalue weighted by atomic mass is 10.2. The van der Waals surface area contributed by atoms with Crippen LogP contribution in [-0.4, -0.2) is 46.4 Å². The maximum atomic E-state index is 12.4. The van der Waals surface area contributed by atoms with Crippen LogP contribution in [-0.2, 0) is 0 Å². The van der Waals surface area contributed by atoms with E-state index in [2.05, 4.69) is 10.2 Å². The number of aliphatic hydroxyl groups excluding tert-OH is 1. The van der Waals surface area contributed by atoms with Gasteiger partial charge in [0.25, 0.3) is 6.43 Å². The molecule has 0 amide bonds. The minimum Gasteiger partial charge on any atom is -0.395 e. The SMILES string of the molecule is NC(=S)c1ccnnc1N(CCO)CC(F)F. The van der Waals surface area contributed by atoms with Crippen LogP contribution in [0.4, 0.5) is 14.6 Å². The van der Waals surface area contributed by atoms with Crippen molar-refractivity contribution in [1.29, 1.82) is 0 Å². The summed E-state index contributed by atoms with van der Waals surface area (Å²) in [6.45, 7) is -0.826. The van der Waals surface area contributed by atoms with Crippen LogP contribution in [0.1, 0.15) is 5.56 Å². The van der Waals surface area contributed by atoms with Gasteiger partial charge < -0.3 is 15.7 Å². The van der Waals surface area contributed by atoms with Crippen molar-refractivity contribution >= 4 is 23.0 Å². The number of hydrogen-bond donors (Lipinski definition) is 2. The molecule has 0 aromatic carbocycles. The van der Waals surface area contributed by atoms with Crippen LogP contribution < -0.4 is 10.6 Å². The maximum Gasteiger partial charge on any atom is 0.255 e. The molecule has 0 unspecified atom stereocenters. The van der Waals surface area contributed by atoms with Crippen molar-refractivity contribution in [3.63, 3.8) is 0 Å². The van der Waals surface area contributed by atoms with Crippen LogP contribution in [0.5, 0.6) is 0 Å². The molecule has 5 nitrogen and oxygen atoms in total. The molecule has 0 spiro atoms. The van der Waals surface area contributed by atoms with Crippen LogP contribution in [0.25, 0.3) is 0 Å². The second-order valence-electron chi connectivity index (χ2n) is 3.19. The summed E-state index contributed by atoms with van der Waals surface area (Å²) in [5.41, 5.74) is 5.83. The van der Waals surface area contributed by atoms with Gasteiger partial charge in [-0.2, -0.15) is 5.10 Å². The molecule has 94 valence electrons. The number of nitrogens with zero attached hydrogens (tertiary/aromatic N) is 3. The number of halogens is 2. The average Bonchev–Trinajstić information content (AvgIpc) is 2.28. The van der Waals surface area contributed by atoms with Gasteiger partial charge in [0.05, 0.1) is 24.9 Å². The minimum atomic E-state index is -2.55. The molecule has 0 atom stereocenters. The highest BCUT2D eigenvalue weighted by Crippen LogP contribution is 2.17. The Bertz CT molecular complexity index is 391. The first-order valence-corrected chi connectivity index (χ1v) is 5.22. The van der Waals surface area contributed by atoms with E-state index in [0.29, 0.717) is 5.56 Å². The van der Waals surface area contributed by atoms with Gasteiger partial charge in [0.1, 0.15) is 4.99 Å². The highest BCUT2D eigenvalue weighted by Gasteiger charge is 2.18. The van der Waals surface area contributed by atoms with E-state index in [4.69, 9.17) is 23.1 Å². The molecule has 0 aliphatic rings. The zero-order valence-electron chi connectivity index (χ0n) is 8.88. The van der Waals surface area contributed by atoms with E-state index in [1.165, 1.54) is 17.2 Å². The van der Waals surface area contributed by atoms with Crippen molar-refractivity contribution in [3.8, 4) is 0 Å². The standard InChI is InChI=1S/C9H12F2N4OS/c10-7(11)5-15(3-4-16)9-6(8(12)17)1-2-13-14-9/h1-2,7,16H,3-5H2,(H2,12,17). The first kappa shape index (κ1) is 13.7. The van der Waals surface area contributed by atoms with Gasteiger partial charge in [-0.05, 0) is 6.07 Å². The van der Waals surface area contributed by atoms with E-state index in [1.807, 2.05) is 0 Å². The highest BCUT2D eigenvalue weighted by atomic mass is 32.1. The fraction of sp³-hybridized carbons (Fsp3) is 0.444. The Balaban J connectivity index is 3.04. The fourth-order valence-corrected chi connectivity index (χ4v) is 1.48. The third-order valence-electron chi connectivity index (χ3n) is 1.99. The third-order valence-corrected chi connectivity index (χ3v) is 2.21. The van der Waals surface area contributed by atoms with Gasteiger partial charge in [0.2, 0.25) is 0 Å². The molecule has 1 heterocycles. The number of anilines is 1. The molecule has 0 aliphatic heterocycles. The first-order chi connectivity index (χ1) is 8.06. The molecule has 0 saturated heterocycles. The summed E-state index contributed by atoms with van der Waals surface area (Å²) >= 11 is 4.80. The normalized spacial score (nSPS) is 10.6. The lowest BCUT2D eigenvalue weighted by molar-refractivity contribution is 0.152. The average molecular weight is 262 g/mol. The van der Waals surface area contributed by atoms with Crippen LogP contribution in [0.15, 0.2) is 12.3 Å². The van der Waals surface area contributed by atoms with Gasteiger partial charge in [0.15, 0.2) is 5.82 Å². The Labute approximate surface area is 102 Å². The van der Waals surface area contributed by atoms with Crippen molar-refractivity contribution < 1.29 is 13.9 Å². The molecule has 1 aromatic rings. The predicted molar refractivity (Wildman–Crippen MR) is 63.2 cm³/mol. The van der Waals surface area contributed by atoms with Crippen molar-refractivity contribution in [3.05, 3.63) is 17.8 Å². The Morgan fingerprint density at radius 1 is 1.59 bits per heavy atom. The molecule has 0 aliphatic carbocycles. The Kier molecular flexibility index (Phi) is 5.11. The number of thiocarbonyl (C=S) groups is 1. The second kappa shape index (κ2) is 6.36. The van der Waals surface area contributed by atoms with E-state index in [0.717, 1.165) is 0 Å². The quantitative estimate of drug-likeness (QED) is 0.712. The van der Waals surface area contributed by atoms with Gasteiger partial charge in [-0.15, -0.1) is 5.10 Å². The van der Waals surface area contributed by atoms with Crippen molar-refractivity contribution in [1.82, 2.24) is 10.2 Å². The molecule has 17 heavy (non-hydrogen) atoms. The largest absolute Gasteiger partial charge is 0.395 e. The predicted octanol–water partition coefficient (Wildman–Crippen LogP) is 0.175. The molecule has 0 fully saturated rings. The molecule has 0 saturated carbocycles. The molecular formula is C9H12F2N4OS. The Morgan fingerprint density at radius 3 is 2.82 bits per heavy atom. The molecule has 1 aromatic heterocycles. The summed E-state index contributed by atoms with van der Waals surface area (Å²) < 4.78 is 24.8. The minimum absolute atomic E-state index is 0.0125. The molecule has 8 heteroatoms. The summed E-state index contributed by atoms with van der Waals surface area (Å²) in [6, 6.07) is 1.50. The van der Waals surface area contributed by atoms with Crippen molar-refractivity contribution in [2.24, 2.45) is 5.73 Å². The Morgan fingerprint density at radius 2 is 2.29 bits per heavy atom. The van der Waals surface area contributed by atoms with Gasteiger partial charge >= 0.3 is 0 Å². The van der Waals surface area contributed by atoms with Gasteiger partial charge in [-0.3, -0.25) is 0 Å². The topological polar surface area (TPSA) is 75.3 Å². The van der Waals surface area contributed by atoms with Gasteiger partial charge in [0, 0.05) is 6.54 Å². The molecule has 0 bridgehead atoms. The highest BCUT2D eigenvalue weighted by molar-refractivity contribution is 7.80. The fourth-order valence-electron chi connectivity index (χ4n) is 1.32. The van der Waals surface area contributed by atoms with Crippen LogP contribution in [0.2, 0.25) is 0 Å². The Hall–Kier alpha value is -1.41. The number of rotatable bonds is 6. The number of hydrogen-bond acceptors (Lipinski definition) is 5. The zero-order chi connectivity index (χ0) is 12.8. The van der Waals surface area contributed by atoms with E-state index in [-0.39, 0.29) is 24.0 Å². The lowest BCUT2D eigenvalue weighted by Crippen LogP contribution is -2.34. The van der Waals surface area contributed by atoms with Gasteiger partial charge in [-0.1, -0.05) is 12.2 Å². The summed E-state index contributed by atoms with van der Waals surface area (Å²) in [5.74, 6) is 0.161. The van der Waals surface area contributed by atoms with Crippen molar-refractivity contribution in [2.45, 2.75) is 6.43 Å². The summed E-state index contributed by atoms with van der Waals surface area (Å²) in [4.78, 5) is 1.25. The van der Waals surface area contributed by atoms with E-state index >= 15 is 0 Å². The van der Waals surface area contributed by atoms with Crippen LogP contribution >= 0.6 is 12.2 Å². The van der Waals surface area contributed by atoms with Crippen molar-refractivity contribution in [2.75, 3.05) is 24.6 Å². The van der Waals surface area contributed by atoms with Crippen LogP contribution in [0, 0.1) is 0 Å². The molecule has 3 N–H and O–H groups in total. The maximum absolute atomic E-state index is 12.4. The first-order valence-electron chi connectivity index (χ1n) is 4.81. The van der Waals surface area contributed by atoms with Gasteiger partial charge in [-0.25, -0.2) is 8.78 Å². The zero-order valence-corrected chi connectivity index (χ0v) is 9.70. The molecule has 1 rings (SSSR count). The third kappa shape index (κ3) is 3.82. The molecule has 0 radical (unpaired) electrons. The van der Waals surface area contributed by atoms with E-state index in [9.17, 15) is 8.78 Å². The monoisotopic (exact) mass is 262 g/mol. The number of alkyl halides is 2. The van der Waals surface area contributed by atoms with E-state index < -0.39 is 13.0 Å².